The van der Waals surface area contributed by atoms with Crippen molar-refractivity contribution >= 4 is 24.7 Å². The molecule has 6 rings (SSSR count). The molecule has 1 aromatic heterocycles. The zero-order valence-corrected chi connectivity index (χ0v) is 35.0. The van der Waals surface area contributed by atoms with Gasteiger partial charge in [0.2, 0.25) is 0 Å². The summed E-state index contributed by atoms with van der Waals surface area (Å²) in [5.74, 6) is -0.332. The van der Waals surface area contributed by atoms with Crippen LogP contribution in [0.25, 0.3) is 0 Å². The van der Waals surface area contributed by atoms with Gasteiger partial charge in [-0.15, -0.1) is 0 Å². The quantitative estimate of drug-likeness (QED) is 0.0378. The molecule has 0 amide bonds. The highest BCUT2D eigenvalue weighted by atomic mass is 32.2. The van der Waals surface area contributed by atoms with Gasteiger partial charge in [0.05, 0.1) is 31.8 Å². The number of carbonyl (C=O) groups is 1. The van der Waals surface area contributed by atoms with E-state index in [0.29, 0.717) is 5.57 Å². The number of carbonyl (C=O) groups excluding carboxylic acids is 1. The van der Waals surface area contributed by atoms with E-state index in [1.807, 2.05) is 121 Å². The minimum absolute atomic E-state index is 0.0693. The van der Waals surface area contributed by atoms with Gasteiger partial charge in [-0.1, -0.05) is 147 Å². The lowest BCUT2D eigenvalue weighted by molar-refractivity contribution is -0.124. The smallest absolute Gasteiger partial charge is 0.360 e. The van der Waals surface area contributed by atoms with Gasteiger partial charge in [-0.3, -0.25) is 23.2 Å². The number of thioether (sulfide) groups is 1. The Kier molecular flexibility index (Phi) is 14.6. The molecule has 0 spiro atoms. The van der Waals surface area contributed by atoms with E-state index in [9.17, 15) is 23.8 Å². The SMILES string of the molecule is C=C1[C@@H](COP(=O)(O)OCCSC(=O)C(C)(C)COC(c2ccccc2)(c2ccccc2)c2ccccc2)O[C@@H](n2ccc(=O)n(COCc3ccccc3)c2=O)[C@H]1C. The summed E-state index contributed by atoms with van der Waals surface area (Å²) in [6.07, 6.45) is -0.377. The van der Waals surface area contributed by atoms with Gasteiger partial charge in [0.25, 0.3) is 5.56 Å². The third kappa shape index (κ3) is 10.6. The summed E-state index contributed by atoms with van der Waals surface area (Å²) in [4.78, 5) is 50.1. The molecule has 0 saturated carbocycles. The molecule has 1 unspecified atom stereocenters. The fourth-order valence-electron chi connectivity index (χ4n) is 6.77. The lowest BCUT2D eigenvalue weighted by atomic mass is 9.79. The average molecular weight is 841 g/mol. The van der Waals surface area contributed by atoms with Crippen molar-refractivity contribution in [1.29, 1.82) is 0 Å². The minimum atomic E-state index is -4.58. The summed E-state index contributed by atoms with van der Waals surface area (Å²) < 4.78 is 44.3. The number of phosphoric acid groups is 1. The van der Waals surface area contributed by atoms with Gasteiger partial charge in [-0.2, -0.15) is 0 Å². The molecular weight excluding hydrogens is 792 g/mol. The van der Waals surface area contributed by atoms with Crippen molar-refractivity contribution in [3.63, 3.8) is 0 Å². The molecule has 12 nitrogen and oxygen atoms in total. The standard InChI is InChI=1S/C45H49N2O10PS/c1-33-34(2)41(46-26-25-40(48)47(43(46)50)32-53-29-35-17-9-5-10-18-35)57-39(33)30-56-58(51,52)55-27-28-59-42(49)44(3,4)31-54-45(36-19-11-6-12-20-36,37-21-13-7-14-22-37)38-23-15-8-16-24-38/h5-26,34,39,41H,1,27-32H2,2-4H3,(H,51,52)/t34-,39+,41+/m0/s1. The highest BCUT2D eigenvalue weighted by molar-refractivity contribution is 8.13. The van der Waals surface area contributed by atoms with E-state index < -0.39 is 48.3 Å². The third-order valence-corrected chi connectivity index (χ3v) is 12.3. The van der Waals surface area contributed by atoms with Crippen LogP contribution in [0.3, 0.4) is 0 Å². The van der Waals surface area contributed by atoms with Gasteiger partial charge in [0.1, 0.15) is 24.7 Å². The van der Waals surface area contributed by atoms with Crippen LogP contribution in [-0.2, 0) is 51.6 Å². The van der Waals surface area contributed by atoms with E-state index in [1.165, 1.54) is 16.8 Å². The summed E-state index contributed by atoms with van der Waals surface area (Å²) in [5.41, 5.74) is 1.03. The van der Waals surface area contributed by atoms with Crippen LogP contribution < -0.4 is 11.2 Å². The number of rotatable bonds is 19. The molecule has 1 aliphatic rings. The van der Waals surface area contributed by atoms with E-state index in [-0.39, 0.29) is 44.0 Å². The Balaban J connectivity index is 1.01. The number of hydrogen-bond acceptors (Lipinski definition) is 10. The summed E-state index contributed by atoms with van der Waals surface area (Å²) in [7, 11) is -4.58. The van der Waals surface area contributed by atoms with Gasteiger partial charge in [-0.05, 0) is 41.7 Å². The highest BCUT2D eigenvalue weighted by Gasteiger charge is 2.42. The maximum absolute atomic E-state index is 13.6. The predicted octanol–water partition coefficient (Wildman–Crippen LogP) is 7.70. The molecule has 0 bridgehead atoms. The Labute approximate surface area is 348 Å². The largest absolute Gasteiger partial charge is 0.472 e. The van der Waals surface area contributed by atoms with E-state index in [1.54, 1.807) is 20.8 Å². The molecule has 1 fully saturated rings. The van der Waals surface area contributed by atoms with Crippen molar-refractivity contribution in [2.24, 2.45) is 11.3 Å². The zero-order valence-electron chi connectivity index (χ0n) is 33.3. The average Bonchev–Trinajstić information content (AvgIpc) is 3.53. The van der Waals surface area contributed by atoms with E-state index in [4.69, 9.17) is 23.3 Å². The number of hydrogen-bond donors (Lipinski definition) is 1. The molecule has 2 heterocycles. The fourth-order valence-corrected chi connectivity index (χ4v) is 8.42. The summed E-state index contributed by atoms with van der Waals surface area (Å²) >= 11 is 0.975. The molecule has 5 aromatic rings. The van der Waals surface area contributed by atoms with Crippen molar-refractivity contribution in [1.82, 2.24) is 9.13 Å². The molecule has 0 radical (unpaired) electrons. The number of benzene rings is 4. The zero-order chi connectivity index (χ0) is 42.0. The molecule has 0 aliphatic carbocycles. The Morgan fingerprint density at radius 2 is 1.39 bits per heavy atom. The Hall–Kier alpha value is -4.69. The number of phosphoric ester groups is 1. The van der Waals surface area contributed by atoms with Crippen LogP contribution in [-0.4, -0.2) is 50.8 Å². The second kappa shape index (κ2) is 19.6. The number of aromatic nitrogens is 2. The second-order valence-electron chi connectivity index (χ2n) is 14.8. The third-order valence-electron chi connectivity index (χ3n) is 10.1. The van der Waals surface area contributed by atoms with Gasteiger partial charge >= 0.3 is 13.5 Å². The van der Waals surface area contributed by atoms with Crippen LogP contribution in [0.1, 0.15) is 49.3 Å². The Morgan fingerprint density at radius 1 is 0.847 bits per heavy atom. The van der Waals surface area contributed by atoms with Crippen LogP contribution in [0.15, 0.2) is 155 Å². The first-order valence-electron chi connectivity index (χ1n) is 19.2. The van der Waals surface area contributed by atoms with Crippen LogP contribution >= 0.6 is 19.6 Å². The summed E-state index contributed by atoms with van der Waals surface area (Å²) in [5, 5.41) is -0.183. The van der Waals surface area contributed by atoms with Crippen molar-refractivity contribution < 1.29 is 37.5 Å². The molecule has 1 saturated heterocycles. The van der Waals surface area contributed by atoms with Crippen LogP contribution in [0.4, 0.5) is 0 Å². The number of ether oxygens (including phenoxy) is 3. The fraction of sp³-hybridized carbons (Fsp3) is 0.311. The van der Waals surface area contributed by atoms with Crippen molar-refractivity contribution in [2.45, 2.75) is 52.0 Å². The van der Waals surface area contributed by atoms with Gasteiger partial charge in [-0.25, -0.2) is 13.9 Å². The Morgan fingerprint density at radius 3 is 1.95 bits per heavy atom. The van der Waals surface area contributed by atoms with Gasteiger partial charge < -0.3 is 19.1 Å². The molecular formula is C45H49N2O10PS. The van der Waals surface area contributed by atoms with Crippen LogP contribution in [0, 0.1) is 11.3 Å². The second-order valence-corrected chi connectivity index (χ2v) is 17.3. The summed E-state index contributed by atoms with van der Waals surface area (Å²) in [6.45, 7) is 8.85. The van der Waals surface area contributed by atoms with Crippen molar-refractivity contribution in [3.8, 4) is 0 Å². The monoisotopic (exact) mass is 840 g/mol. The topological polar surface area (TPSA) is 145 Å². The first kappa shape index (κ1) is 43.9. The molecule has 4 atom stereocenters. The molecule has 59 heavy (non-hydrogen) atoms. The predicted molar refractivity (Wildman–Crippen MR) is 227 cm³/mol. The molecule has 4 aromatic carbocycles. The van der Waals surface area contributed by atoms with E-state index in [2.05, 4.69) is 6.58 Å². The van der Waals surface area contributed by atoms with Gasteiger partial charge in [0, 0.05) is 23.9 Å². The molecule has 14 heteroatoms. The molecule has 1 aliphatic heterocycles. The Bertz CT molecular complexity index is 2240. The van der Waals surface area contributed by atoms with Crippen molar-refractivity contribution in [3.05, 3.63) is 189 Å². The maximum Gasteiger partial charge on any atom is 0.472 e. The van der Waals surface area contributed by atoms with Gasteiger partial charge in [0.15, 0.2) is 5.12 Å². The molecule has 310 valence electrons. The number of nitrogens with zero attached hydrogens (tertiary/aromatic N) is 2. The minimum Gasteiger partial charge on any atom is -0.360 e. The molecule has 1 N–H and O–H groups in total. The normalized spacial score (nSPS) is 18.1. The lowest BCUT2D eigenvalue weighted by Crippen LogP contribution is -2.41. The first-order valence-corrected chi connectivity index (χ1v) is 21.7. The van der Waals surface area contributed by atoms with Crippen LogP contribution in [0.2, 0.25) is 0 Å². The van der Waals surface area contributed by atoms with Crippen LogP contribution in [0.5, 0.6) is 0 Å². The summed E-state index contributed by atoms with van der Waals surface area (Å²) in [6, 6.07) is 40.3. The van der Waals surface area contributed by atoms with E-state index >= 15 is 0 Å². The highest BCUT2D eigenvalue weighted by Crippen LogP contribution is 2.46. The first-order chi connectivity index (χ1) is 28.3. The maximum atomic E-state index is 13.6. The van der Waals surface area contributed by atoms with Crippen molar-refractivity contribution in [2.75, 3.05) is 25.6 Å². The lowest BCUT2D eigenvalue weighted by Gasteiger charge is -2.38. The van der Waals surface area contributed by atoms with E-state index in [0.717, 1.165) is 38.6 Å².